The van der Waals surface area contributed by atoms with Crippen LogP contribution in [-0.2, 0) is 11.2 Å². The molecule has 1 amide bonds. The molecule has 0 saturated carbocycles. The van der Waals surface area contributed by atoms with Crippen LogP contribution in [0, 0.1) is 0 Å². The fourth-order valence-corrected chi connectivity index (χ4v) is 3.39. The number of rotatable bonds is 7. The summed E-state index contributed by atoms with van der Waals surface area (Å²) in [4.78, 5) is 13.5. The zero-order chi connectivity index (χ0) is 17.5. The molecular formula is C21H21NO2S. The Bertz CT molecular complexity index is 783. The van der Waals surface area contributed by atoms with E-state index in [0.717, 1.165) is 16.9 Å². The van der Waals surface area contributed by atoms with Gasteiger partial charge in [0.15, 0.2) is 6.61 Å². The molecule has 2 aromatic carbocycles. The maximum absolute atomic E-state index is 12.4. The minimum atomic E-state index is -0.155. The number of nitrogens with one attached hydrogen (secondary N) is 1. The average Bonchev–Trinajstić information content (AvgIpc) is 3.20. The molecule has 0 spiro atoms. The highest BCUT2D eigenvalue weighted by atomic mass is 32.1. The van der Waals surface area contributed by atoms with Gasteiger partial charge in [0.1, 0.15) is 5.75 Å². The normalized spacial score (nSPS) is 11.7. The molecule has 0 fully saturated rings. The molecule has 0 aliphatic rings. The van der Waals surface area contributed by atoms with Gasteiger partial charge in [-0.05, 0) is 41.1 Å². The molecule has 1 aromatic heterocycles. The number of para-hydroxylation sites is 1. The predicted molar refractivity (Wildman–Crippen MR) is 102 cm³/mol. The van der Waals surface area contributed by atoms with Crippen LogP contribution in [0.25, 0.3) is 0 Å². The van der Waals surface area contributed by atoms with Gasteiger partial charge in [-0.1, -0.05) is 55.5 Å². The Hall–Kier alpha value is -2.59. The van der Waals surface area contributed by atoms with E-state index in [1.807, 2.05) is 47.8 Å². The quantitative estimate of drug-likeness (QED) is 0.676. The zero-order valence-corrected chi connectivity index (χ0v) is 15.0. The van der Waals surface area contributed by atoms with E-state index in [1.54, 1.807) is 11.3 Å². The van der Waals surface area contributed by atoms with E-state index < -0.39 is 0 Å². The molecule has 0 aliphatic carbocycles. The topological polar surface area (TPSA) is 38.3 Å². The van der Waals surface area contributed by atoms with Crippen LogP contribution in [0.4, 0.5) is 0 Å². The van der Waals surface area contributed by atoms with Crippen LogP contribution in [0.1, 0.15) is 29.0 Å². The second-order valence-corrected chi connectivity index (χ2v) is 6.69. The maximum Gasteiger partial charge on any atom is 0.258 e. The van der Waals surface area contributed by atoms with Crippen molar-refractivity contribution in [1.29, 1.82) is 0 Å². The zero-order valence-electron chi connectivity index (χ0n) is 14.1. The van der Waals surface area contributed by atoms with Crippen molar-refractivity contribution in [3.05, 3.63) is 88.1 Å². The van der Waals surface area contributed by atoms with Crippen molar-refractivity contribution in [2.75, 3.05) is 6.61 Å². The number of amides is 1. The minimum absolute atomic E-state index is 0.00106. The summed E-state index contributed by atoms with van der Waals surface area (Å²) >= 11 is 1.64. The average molecular weight is 351 g/mol. The molecule has 128 valence electrons. The Morgan fingerprint density at radius 2 is 1.80 bits per heavy atom. The molecule has 3 aromatic rings. The number of carbonyl (C=O) groups is 1. The van der Waals surface area contributed by atoms with E-state index >= 15 is 0 Å². The molecule has 25 heavy (non-hydrogen) atoms. The highest BCUT2D eigenvalue weighted by Gasteiger charge is 2.18. The lowest BCUT2D eigenvalue weighted by Crippen LogP contribution is -2.32. The Kier molecular flexibility index (Phi) is 5.86. The summed E-state index contributed by atoms with van der Waals surface area (Å²) in [5, 5.41) is 5.11. The van der Waals surface area contributed by atoms with Gasteiger partial charge in [-0.25, -0.2) is 0 Å². The Morgan fingerprint density at radius 1 is 1.04 bits per heavy atom. The molecule has 1 N–H and O–H groups in total. The van der Waals surface area contributed by atoms with Crippen molar-refractivity contribution >= 4 is 17.2 Å². The first-order valence-electron chi connectivity index (χ1n) is 8.35. The monoisotopic (exact) mass is 351 g/mol. The van der Waals surface area contributed by atoms with Crippen LogP contribution in [0.2, 0.25) is 0 Å². The van der Waals surface area contributed by atoms with E-state index in [0.29, 0.717) is 5.75 Å². The number of ether oxygens (including phenoxy) is 1. The first-order chi connectivity index (χ1) is 12.3. The molecule has 3 rings (SSSR count). The van der Waals surface area contributed by atoms with Gasteiger partial charge < -0.3 is 10.1 Å². The van der Waals surface area contributed by atoms with E-state index in [1.165, 1.54) is 5.56 Å². The lowest BCUT2D eigenvalue weighted by molar-refractivity contribution is -0.123. The third-order valence-electron chi connectivity index (χ3n) is 3.97. The second-order valence-electron chi connectivity index (χ2n) is 5.71. The predicted octanol–water partition coefficient (Wildman–Crippen LogP) is 4.60. The van der Waals surface area contributed by atoms with Crippen LogP contribution < -0.4 is 10.1 Å². The molecular weight excluding hydrogens is 330 g/mol. The number of hydrogen-bond acceptors (Lipinski definition) is 3. The SMILES string of the molecule is CCc1ccc([C@@H](NC(=O)COc2ccccc2)c2cccs2)cc1. The van der Waals surface area contributed by atoms with Crippen molar-refractivity contribution in [2.24, 2.45) is 0 Å². The summed E-state index contributed by atoms with van der Waals surface area (Å²) in [6, 6.07) is 21.7. The molecule has 4 heteroatoms. The fraction of sp³-hybridized carbons (Fsp3) is 0.190. The lowest BCUT2D eigenvalue weighted by atomic mass is 10.0. The lowest BCUT2D eigenvalue weighted by Gasteiger charge is -2.18. The second kappa shape index (κ2) is 8.49. The Balaban J connectivity index is 1.70. The van der Waals surface area contributed by atoms with Gasteiger partial charge in [0.25, 0.3) is 5.91 Å². The van der Waals surface area contributed by atoms with Crippen molar-refractivity contribution in [3.63, 3.8) is 0 Å². The van der Waals surface area contributed by atoms with Gasteiger partial charge in [-0.3, -0.25) is 4.79 Å². The molecule has 0 radical (unpaired) electrons. The van der Waals surface area contributed by atoms with Gasteiger partial charge in [0.05, 0.1) is 6.04 Å². The van der Waals surface area contributed by atoms with Crippen molar-refractivity contribution in [1.82, 2.24) is 5.32 Å². The molecule has 3 nitrogen and oxygen atoms in total. The molecule has 0 aliphatic heterocycles. The van der Waals surface area contributed by atoms with Crippen molar-refractivity contribution < 1.29 is 9.53 Å². The Labute approximate surface area is 152 Å². The number of aryl methyl sites for hydroxylation is 1. The van der Waals surface area contributed by atoms with Gasteiger partial charge in [0, 0.05) is 4.88 Å². The van der Waals surface area contributed by atoms with Crippen LogP contribution >= 0.6 is 11.3 Å². The number of benzene rings is 2. The molecule has 0 saturated heterocycles. The first-order valence-corrected chi connectivity index (χ1v) is 9.23. The van der Waals surface area contributed by atoms with E-state index in [-0.39, 0.29) is 18.6 Å². The summed E-state index contributed by atoms with van der Waals surface area (Å²) in [7, 11) is 0. The van der Waals surface area contributed by atoms with Gasteiger partial charge in [0.2, 0.25) is 0 Å². The Morgan fingerprint density at radius 3 is 2.44 bits per heavy atom. The number of hydrogen-bond donors (Lipinski definition) is 1. The highest BCUT2D eigenvalue weighted by Crippen LogP contribution is 2.26. The minimum Gasteiger partial charge on any atom is -0.484 e. The molecule has 0 bridgehead atoms. The van der Waals surface area contributed by atoms with Gasteiger partial charge in [-0.15, -0.1) is 11.3 Å². The summed E-state index contributed by atoms with van der Waals surface area (Å²) in [6.07, 6.45) is 1.00. The highest BCUT2D eigenvalue weighted by molar-refractivity contribution is 7.10. The van der Waals surface area contributed by atoms with E-state index in [2.05, 4.69) is 36.5 Å². The molecule has 1 heterocycles. The maximum atomic E-state index is 12.4. The third-order valence-corrected chi connectivity index (χ3v) is 4.90. The van der Waals surface area contributed by atoms with E-state index in [4.69, 9.17) is 4.74 Å². The number of carbonyl (C=O) groups excluding carboxylic acids is 1. The van der Waals surface area contributed by atoms with Crippen molar-refractivity contribution in [2.45, 2.75) is 19.4 Å². The van der Waals surface area contributed by atoms with Crippen LogP contribution in [0.5, 0.6) is 5.75 Å². The standard InChI is InChI=1S/C21H21NO2S/c1-2-16-10-12-17(13-11-16)21(19-9-6-14-25-19)22-20(23)15-24-18-7-4-3-5-8-18/h3-14,21H,2,15H2,1H3,(H,22,23)/t21-/m1/s1. The van der Waals surface area contributed by atoms with Crippen LogP contribution in [0.3, 0.4) is 0 Å². The van der Waals surface area contributed by atoms with Gasteiger partial charge in [-0.2, -0.15) is 0 Å². The van der Waals surface area contributed by atoms with Gasteiger partial charge >= 0.3 is 0 Å². The molecule has 0 unspecified atom stereocenters. The fourth-order valence-electron chi connectivity index (χ4n) is 2.59. The van der Waals surface area contributed by atoms with Crippen LogP contribution in [-0.4, -0.2) is 12.5 Å². The third kappa shape index (κ3) is 4.70. The van der Waals surface area contributed by atoms with Crippen LogP contribution in [0.15, 0.2) is 72.1 Å². The smallest absolute Gasteiger partial charge is 0.258 e. The van der Waals surface area contributed by atoms with Crippen molar-refractivity contribution in [3.8, 4) is 5.75 Å². The first kappa shape index (κ1) is 17.2. The molecule has 1 atom stereocenters. The van der Waals surface area contributed by atoms with E-state index in [9.17, 15) is 4.79 Å². The summed E-state index contributed by atoms with van der Waals surface area (Å²) < 4.78 is 5.55. The summed E-state index contributed by atoms with van der Waals surface area (Å²) in [5.41, 5.74) is 2.36. The number of thiophene rings is 1. The largest absolute Gasteiger partial charge is 0.484 e. The summed E-state index contributed by atoms with van der Waals surface area (Å²) in [5.74, 6) is 0.555. The summed E-state index contributed by atoms with van der Waals surface area (Å²) in [6.45, 7) is 2.13.